The molecule has 0 radical (unpaired) electrons. The van der Waals surface area contributed by atoms with Gasteiger partial charge >= 0.3 is 0 Å². The van der Waals surface area contributed by atoms with E-state index >= 15 is 0 Å². The first kappa shape index (κ1) is 17.3. The highest BCUT2D eigenvalue weighted by molar-refractivity contribution is 7.39. The minimum Gasteiger partial charge on any atom is -0.358 e. The first-order valence-corrected chi connectivity index (χ1v) is 10.6. The molecule has 0 aliphatic heterocycles. The Morgan fingerprint density at radius 3 is 2.77 bits per heavy atom. The molecule has 4 rings (SSSR count). The van der Waals surface area contributed by atoms with E-state index in [2.05, 4.69) is 55.3 Å². The van der Waals surface area contributed by atoms with Crippen molar-refractivity contribution in [3.63, 3.8) is 0 Å². The molecule has 134 valence electrons. The maximum atomic E-state index is 12.5. The monoisotopic (exact) mass is 382 g/mol. The summed E-state index contributed by atoms with van der Waals surface area (Å²) in [6.07, 6.45) is 1.89. The van der Waals surface area contributed by atoms with Crippen LogP contribution in [0.15, 0.2) is 30.3 Å². The molecule has 0 aliphatic carbocycles. The van der Waals surface area contributed by atoms with E-state index in [4.69, 9.17) is 0 Å². The molecular formula is C21H22N2OS2. The lowest BCUT2D eigenvalue weighted by Crippen LogP contribution is -2.24. The third-order valence-corrected chi connectivity index (χ3v) is 7.31. The van der Waals surface area contributed by atoms with E-state index in [1.165, 1.54) is 42.0 Å². The Balaban J connectivity index is 1.45. The first-order valence-electron chi connectivity index (χ1n) is 8.93. The Kier molecular flexibility index (Phi) is 4.59. The minimum atomic E-state index is 0.0325. The molecule has 3 heterocycles. The van der Waals surface area contributed by atoms with Crippen molar-refractivity contribution in [2.45, 2.75) is 33.6 Å². The SMILES string of the molecule is CCc1cc2cc(C(=O)NCCc3c(C)[nH]c4ccc(C)cc34)sc2s1. The Labute approximate surface area is 161 Å². The van der Waals surface area contributed by atoms with Crippen LogP contribution in [-0.2, 0) is 12.8 Å². The van der Waals surface area contributed by atoms with Gasteiger partial charge in [0.05, 0.1) is 8.89 Å². The lowest BCUT2D eigenvalue weighted by molar-refractivity contribution is 0.0958. The topological polar surface area (TPSA) is 44.9 Å². The largest absolute Gasteiger partial charge is 0.358 e. The van der Waals surface area contributed by atoms with Gasteiger partial charge in [0.2, 0.25) is 0 Å². The second-order valence-electron chi connectivity index (χ2n) is 6.70. The van der Waals surface area contributed by atoms with Gasteiger partial charge in [0.25, 0.3) is 5.91 Å². The van der Waals surface area contributed by atoms with Crippen molar-refractivity contribution in [3.05, 3.63) is 56.9 Å². The molecule has 0 unspecified atom stereocenters. The number of carbonyl (C=O) groups excluding carboxylic acids is 1. The van der Waals surface area contributed by atoms with Crippen molar-refractivity contribution in [2.75, 3.05) is 6.54 Å². The van der Waals surface area contributed by atoms with Crippen LogP contribution in [0.5, 0.6) is 0 Å². The van der Waals surface area contributed by atoms with Crippen molar-refractivity contribution in [1.29, 1.82) is 0 Å². The molecule has 0 spiro atoms. The van der Waals surface area contributed by atoms with Crippen LogP contribution in [0.25, 0.3) is 20.3 Å². The molecule has 3 nitrogen and oxygen atoms in total. The van der Waals surface area contributed by atoms with Crippen molar-refractivity contribution in [1.82, 2.24) is 10.3 Å². The molecule has 3 aromatic heterocycles. The fourth-order valence-corrected chi connectivity index (χ4v) is 5.73. The number of benzene rings is 1. The van der Waals surface area contributed by atoms with Crippen LogP contribution in [0.3, 0.4) is 0 Å². The number of hydrogen-bond donors (Lipinski definition) is 2. The minimum absolute atomic E-state index is 0.0325. The van der Waals surface area contributed by atoms with Gasteiger partial charge in [0.1, 0.15) is 0 Å². The molecule has 0 fully saturated rings. The Morgan fingerprint density at radius 1 is 1.15 bits per heavy atom. The van der Waals surface area contributed by atoms with Crippen molar-refractivity contribution >= 4 is 48.9 Å². The average Bonchev–Trinajstić information content (AvgIpc) is 3.26. The summed E-state index contributed by atoms with van der Waals surface area (Å²) in [6.45, 7) is 7.02. The molecule has 1 amide bonds. The lowest BCUT2D eigenvalue weighted by atomic mass is 10.1. The van der Waals surface area contributed by atoms with Crippen LogP contribution >= 0.6 is 22.7 Å². The third-order valence-electron chi connectivity index (χ3n) is 4.77. The van der Waals surface area contributed by atoms with Gasteiger partial charge in [-0.3, -0.25) is 4.79 Å². The first-order chi connectivity index (χ1) is 12.5. The predicted octanol–water partition coefficient (Wildman–Crippen LogP) is 5.60. The summed E-state index contributed by atoms with van der Waals surface area (Å²) in [5.41, 5.74) is 4.90. The Bertz CT molecular complexity index is 1070. The van der Waals surface area contributed by atoms with Gasteiger partial charge < -0.3 is 10.3 Å². The third kappa shape index (κ3) is 3.17. The maximum absolute atomic E-state index is 12.5. The fraction of sp³-hybridized carbons (Fsp3) is 0.286. The molecule has 0 bridgehead atoms. The Hall–Kier alpha value is -2.11. The van der Waals surface area contributed by atoms with Gasteiger partial charge in [-0.1, -0.05) is 18.6 Å². The van der Waals surface area contributed by atoms with Crippen molar-refractivity contribution in [2.24, 2.45) is 0 Å². The quantitative estimate of drug-likeness (QED) is 0.464. The molecule has 5 heteroatoms. The van der Waals surface area contributed by atoms with Crippen LogP contribution < -0.4 is 5.32 Å². The number of aromatic amines is 1. The van der Waals surface area contributed by atoms with E-state index in [0.29, 0.717) is 6.54 Å². The van der Waals surface area contributed by atoms with Gasteiger partial charge in [-0.2, -0.15) is 0 Å². The number of hydrogen-bond acceptors (Lipinski definition) is 3. The summed E-state index contributed by atoms with van der Waals surface area (Å²) < 4.78 is 1.25. The lowest BCUT2D eigenvalue weighted by Gasteiger charge is -2.05. The zero-order valence-corrected chi connectivity index (χ0v) is 16.9. The molecule has 0 aliphatic rings. The van der Waals surface area contributed by atoms with E-state index in [1.807, 2.05) is 6.07 Å². The number of nitrogens with one attached hydrogen (secondary N) is 2. The van der Waals surface area contributed by atoms with Gasteiger partial charge in [-0.05, 0) is 56.5 Å². The van der Waals surface area contributed by atoms with Gasteiger partial charge in [0, 0.05) is 33.4 Å². The van der Waals surface area contributed by atoms with E-state index in [0.717, 1.165) is 17.7 Å². The van der Waals surface area contributed by atoms with E-state index in [-0.39, 0.29) is 5.91 Å². The highest BCUT2D eigenvalue weighted by Gasteiger charge is 2.13. The number of H-pyrrole nitrogens is 1. The van der Waals surface area contributed by atoms with E-state index in [1.54, 1.807) is 22.7 Å². The normalized spacial score (nSPS) is 11.5. The summed E-state index contributed by atoms with van der Waals surface area (Å²) in [6, 6.07) is 10.7. The molecular weight excluding hydrogens is 360 g/mol. The molecule has 1 aromatic carbocycles. The smallest absolute Gasteiger partial charge is 0.261 e. The number of carbonyl (C=O) groups is 1. The maximum Gasteiger partial charge on any atom is 0.261 e. The number of aromatic nitrogens is 1. The number of thiophene rings is 2. The summed E-state index contributed by atoms with van der Waals surface area (Å²) in [5.74, 6) is 0.0325. The van der Waals surface area contributed by atoms with Crippen LogP contribution in [0.1, 0.15) is 38.3 Å². The summed E-state index contributed by atoms with van der Waals surface area (Å²) >= 11 is 3.39. The number of aryl methyl sites for hydroxylation is 3. The predicted molar refractivity (Wildman–Crippen MR) is 113 cm³/mol. The highest BCUT2D eigenvalue weighted by Crippen LogP contribution is 2.33. The number of amides is 1. The number of fused-ring (bicyclic) bond motifs is 2. The van der Waals surface area contributed by atoms with Crippen molar-refractivity contribution in [3.8, 4) is 0 Å². The summed E-state index contributed by atoms with van der Waals surface area (Å²) in [4.78, 5) is 18.1. The zero-order valence-electron chi connectivity index (χ0n) is 15.2. The van der Waals surface area contributed by atoms with E-state index in [9.17, 15) is 4.79 Å². The molecule has 2 N–H and O–H groups in total. The fourth-order valence-electron chi connectivity index (χ4n) is 3.38. The average molecular weight is 383 g/mol. The molecule has 26 heavy (non-hydrogen) atoms. The van der Waals surface area contributed by atoms with Gasteiger partial charge in [-0.15, -0.1) is 22.7 Å². The van der Waals surface area contributed by atoms with Gasteiger partial charge in [-0.25, -0.2) is 0 Å². The zero-order chi connectivity index (χ0) is 18.3. The molecule has 4 aromatic rings. The second kappa shape index (κ2) is 6.89. The van der Waals surface area contributed by atoms with Crippen LogP contribution in [0, 0.1) is 13.8 Å². The standard InChI is InChI=1S/C21H22N2OS2/c1-4-15-10-14-11-19(26-21(14)25-15)20(24)22-8-7-16-13(3)23-18-6-5-12(2)9-17(16)18/h5-6,9-11,23H,4,7-8H2,1-3H3,(H,22,24). The van der Waals surface area contributed by atoms with Crippen LogP contribution in [0.4, 0.5) is 0 Å². The number of rotatable bonds is 5. The van der Waals surface area contributed by atoms with Crippen molar-refractivity contribution < 1.29 is 4.79 Å². The highest BCUT2D eigenvalue weighted by atomic mass is 32.2. The van der Waals surface area contributed by atoms with E-state index < -0.39 is 0 Å². The summed E-state index contributed by atoms with van der Waals surface area (Å²) in [5, 5.41) is 5.55. The van der Waals surface area contributed by atoms with Crippen LogP contribution in [0.2, 0.25) is 0 Å². The molecule has 0 saturated carbocycles. The second-order valence-corrected chi connectivity index (χ2v) is 9.15. The van der Waals surface area contributed by atoms with Crippen LogP contribution in [-0.4, -0.2) is 17.4 Å². The Morgan fingerprint density at radius 2 is 2.00 bits per heavy atom. The summed E-state index contributed by atoms with van der Waals surface area (Å²) in [7, 11) is 0. The molecule has 0 saturated heterocycles. The van der Waals surface area contributed by atoms with Gasteiger partial charge in [0.15, 0.2) is 0 Å². The molecule has 0 atom stereocenters.